The number of hydrogen-bond donors (Lipinski definition) is 1. The van der Waals surface area contributed by atoms with Crippen LogP contribution in [-0.4, -0.2) is 31.3 Å². The number of aryl methyl sites for hydroxylation is 2. The Kier molecular flexibility index (Phi) is 4.12. The van der Waals surface area contributed by atoms with E-state index >= 15 is 0 Å². The first-order valence-electron chi connectivity index (χ1n) is 9.38. The van der Waals surface area contributed by atoms with E-state index in [1.165, 1.54) is 12.4 Å². The van der Waals surface area contributed by atoms with Crippen LogP contribution in [0.2, 0.25) is 0 Å². The lowest BCUT2D eigenvalue weighted by molar-refractivity contribution is 0.356. The summed E-state index contributed by atoms with van der Waals surface area (Å²) in [6, 6.07) is 5.13. The monoisotopic (exact) mass is 390 g/mol. The molecule has 146 valence electrons. The minimum absolute atomic E-state index is 0.248. The standard InChI is InChI=1S/C21H19FN6O/c1-12-7-18(28(2)27-12)15-10-25-21(20-16(15)8-23-11-26-20)24-9-14-13-5-6-29-19(13)4-3-17(14)22/h3-4,7-8,10-11H,5-6,9H2,1-2H3,(H,24,25). The number of benzene rings is 1. The van der Waals surface area contributed by atoms with E-state index in [0.717, 1.165) is 33.7 Å². The number of anilines is 1. The molecule has 1 aliphatic rings. The van der Waals surface area contributed by atoms with Gasteiger partial charge in [-0.3, -0.25) is 4.68 Å². The summed E-state index contributed by atoms with van der Waals surface area (Å²) in [6.45, 7) is 2.83. The molecule has 1 aliphatic heterocycles. The Balaban J connectivity index is 1.54. The van der Waals surface area contributed by atoms with Crippen molar-refractivity contribution < 1.29 is 9.13 Å². The first-order chi connectivity index (χ1) is 14.1. The molecule has 4 aromatic rings. The molecule has 0 radical (unpaired) electrons. The Morgan fingerprint density at radius 3 is 2.97 bits per heavy atom. The molecule has 1 aromatic carbocycles. The number of aromatic nitrogens is 5. The van der Waals surface area contributed by atoms with Crippen molar-refractivity contribution in [3.8, 4) is 17.0 Å². The van der Waals surface area contributed by atoms with Gasteiger partial charge in [-0.1, -0.05) is 0 Å². The van der Waals surface area contributed by atoms with Gasteiger partial charge in [-0.25, -0.2) is 19.3 Å². The number of hydrogen-bond acceptors (Lipinski definition) is 6. The van der Waals surface area contributed by atoms with Crippen LogP contribution >= 0.6 is 0 Å². The van der Waals surface area contributed by atoms with Crippen LogP contribution in [0.1, 0.15) is 16.8 Å². The number of pyridine rings is 1. The molecule has 3 aromatic heterocycles. The summed E-state index contributed by atoms with van der Waals surface area (Å²) in [5, 5.41) is 8.52. The molecular weight excluding hydrogens is 371 g/mol. The molecule has 0 saturated heterocycles. The average molecular weight is 390 g/mol. The molecular formula is C21H19FN6O. The fourth-order valence-corrected chi connectivity index (χ4v) is 3.85. The lowest BCUT2D eigenvalue weighted by Crippen LogP contribution is -2.07. The third-order valence-electron chi connectivity index (χ3n) is 5.20. The van der Waals surface area contributed by atoms with E-state index in [-0.39, 0.29) is 5.82 Å². The summed E-state index contributed by atoms with van der Waals surface area (Å²) in [4.78, 5) is 13.2. The molecule has 0 unspecified atom stereocenters. The number of ether oxygens (including phenoxy) is 1. The number of halogens is 1. The minimum Gasteiger partial charge on any atom is -0.493 e. The maximum atomic E-state index is 14.4. The molecule has 4 heterocycles. The summed E-state index contributed by atoms with van der Waals surface area (Å²) in [5.74, 6) is 1.09. The van der Waals surface area contributed by atoms with E-state index in [4.69, 9.17) is 4.74 Å². The highest BCUT2D eigenvalue weighted by Crippen LogP contribution is 2.32. The van der Waals surface area contributed by atoms with Crippen LogP contribution in [0, 0.1) is 12.7 Å². The predicted molar refractivity (Wildman–Crippen MR) is 107 cm³/mol. The summed E-state index contributed by atoms with van der Waals surface area (Å²) < 4.78 is 21.8. The highest BCUT2D eigenvalue weighted by Gasteiger charge is 2.20. The van der Waals surface area contributed by atoms with Crippen molar-refractivity contribution in [2.24, 2.45) is 7.05 Å². The van der Waals surface area contributed by atoms with E-state index in [1.807, 2.05) is 24.7 Å². The number of nitrogens with one attached hydrogen (secondary N) is 1. The van der Waals surface area contributed by atoms with Crippen LogP contribution in [-0.2, 0) is 20.0 Å². The van der Waals surface area contributed by atoms with Crippen molar-refractivity contribution in [3.05, 3.63) is 59.6 Å². The Morgan fingerprint density at radius 1 is 1.24 bits per heavy atom. The quantitative estimate of drug-likeness (QED) is 0.575. The smallest absolute Gasteiger partial charge is 0.152 e. The molecule has 5 rings (SSSR count). The van der Waals surface area contributed by atoms with Gasteiger partial charge in [-0.2, -0.15) is 5.10 Å². The molecule has 7 nitrogen and oxygen atoms in total. The molecule has 0 spiro atoms. The van der Waals surface area contributed by atoms with Gasteiger partial charge in [0.25, 0.3) is 0 Å². The van der Waals surface area contributed by atoms with Gasteiger partial charge in [0, 0.05) is 54.5 Å². The highest BCUT2D eigenvalue weighted by molar-refractivity contribution is 5.98. The van der Waals surface area contributed by atoms with Crippen LogP contribution < -0.4 is 10.1 Å². The first kappa shape index (κ1) is 17.5. The maximum absolute atomic E-state index is 14.4. The van der Waals surface area contributed by atoms with Crippen LogP contribution in [0.5, 0.6) is 5.75 Å². The molecule has 0 bridgehead atoms. The Bertz CT molecular complexity index is 1240. The Hall–Kier alpha value is -3.55. The molecule has 0 amide bonds. The maximum Gasteiger partial charge on any atom is 0.152 e. The van der Waals surface area contributed by atoms with Gasteiger partial charge < -0.3 is 10.1 Å². The van der Waals surface area contributed by atoms with Crippen molar-refractivity contribution in [2.75, 3.05) is 11.9 Å². The van der Waals surface area contributed by atoms with Gasteiger partial charge in [0.1, 0.15) is 23.4 Å². The molecule has 0 aliphatic carbocycles. The van der Waals surface area contributed by atoms with E-state index in [0.29, 0.717) is 36.5 Å². The summed E-state index contributed by atoms with van der Waals surface area (Å²) in [5.41, 5.74) is 4.96. The van der Waals surface area contributed by atoms with Gasteiger partial charge in [0.15, 0.2) is 5.82 Å². The topological polar surface area (TPSA) is 77.8 Å². The zero-order valence-corrected chi connectivity index (χ0v) is 16.1. The largest absolute Gasteiger partial charge is 0.493 e. The van der Waals surface area contributed by atoms with Crippen molar-refractivity contribution >= 4 is 16.7 Å². The molecule has 0 atom stereocenters. The Labute approximate surface area is 166 Å². The molecule has 8 heteroatoms. The summed E-state index contributed by atoms with van der Waals surface area (Å²) in [6.07, 6.45) is 5.74. The van der Waals surface area contributed by atoms with Gasteiger partial charge in [-0.05, 0) is 25.1 Å². The lowest BCUT2D eigenvalue weighted by atomic mass is 10.0. The molecule has 0 saturated carbocycles. The average Bonchev–Trinajstić information content (AvgIpc) is 3.33. The van der Waals surface area contributed by atoms with E-state index in [2.05, 4.69) is 25.4 Å². The number of fused-ring (bicyclic) bond motifs is 2. The van der Waals surface area contributed by atoms with Gasteiger partial charge >= 0.3 is 0 Å². The number of rotatable bonds is 4. The Morgan fingerprint density at radius 2 is 2.14 bits per heavy atom. The fourth-order valence-electron chi connectivity index (χ4n) is 3.85. The van der Waals surface area contributed by atoms with Crippen molar-refractivity contribution in [1.82, 2.24) is 24.7 Å². The molecule has 0 fully saturated rings. The van der Waals surface area contributed by atoms with Gasteiger partial charge in [-0.15, -0.1) is 0 Å². The second kappa shape index (κ2) is 6.80. The zero-order chi connectivity index (χ0) is 20.0. The first-order valence-corrected chi connectivity index (χ1v) is 9.38. The highest BCUT2D eigenvalue weighted by atomic mass is 19.1. The third kappa shape index (κ3) is 2.97. The van der Waals surface area contributed by atoms with Crippen LogP contribution in [0.25, 0.3) is 22.2 Å². The molecule has 29 heavy (non-hydrogen) atoms. The fraction of sp³-hybridized carbons (Fsp3) is 0.238. The third-order valence-corrected chi connectivity index (χ3v) is 5.20. The summed E-state index contributed by atoms with van der Waals surface area (Å²) in [7, 11) is 1.89. The molecule has 1 N–H and O–H groups in total. The van der Waals surface area contributed by atoms with Crippen LogP contribution in [0.15, 0.2) is 36.9 Å². The number of nitrogens with zero attached hydrogens (tertiary/aromatic N) is 5. The van der Waals surface area contributed by atoms with E-state index < -0.39 is 0 Å². The van der Waals surface area contributed by atoms with Crippen molar-refractivity contribution in [3.63, 3.8) is 0 Å². The van der Waals surface area contributed by atoms with Crippen LogP contribution in [0.3, 0.4) is 0 Å². The predicted octanol–water partition coefficient (Wildman–Crippen LogP) is 3.42. The lowest BCUT2D eigenvalue weighted by Gasteiger charge is -2.13. The normalized spacial score (nSPS) is 12.8. The van der Waals surface area contributed by atoms with Crippen LogP contribution in [0.4, 0.5) is 10.2 Å². The van der Waals surface area contributed by atoms with Gasteiger partial charge in [0.2, 0.25) is 0 Å². The summed E-state index contributed by atoms with van der Waals surface area (Å²) >= 11 is 0. The second-order valence-electron chi connectivity index (χ2n) is 7.05. The van der Waals surface area contributed by atoms with Crippen molar-refractivity contribution in [1.29, 1.82) is 0 Å². The van der Waals surface area contributed by atoms with E-state index in [1.54, 1.807) is 18.5 Å². The second-order valence-corrected chi connectivity index (χ2v) is 7.05. The van der Waals surface area contributed by atoms with E-state index in [9.17, 15) is 4.39 Å². The van der Waals surface area contributed by atoms with Crippen molar-refractivity contribution in [2.45, 2.75) is 19.9 Å². The zero-order valence-electron chi connectivity index (χ0n) is 16.1. The SMILES string of the molecule is Cc1cc(-c2cnc(NCc3c(F)ccc4c3CCO4)c3ncncc23)n(C)n1. The minimum atomic E-state index is -0.248. The van der Waals surface area contributed by atoms with Gasteiger partial charge in [0.05, 0.1) is 18.0 Å².